The highest BCUT2D eigenvalue weighted by atomic mass is 16.5. The van der Waals surface area contributed by atoms with Gasteiger partial charge in [-0.15, -0.1) is 0 Å². The van der Waals surface area contributed by atoms with Crippen LogP contribution in [0.4, 0.5) is 0 Å². The molecule has 31 heavy (non-hydrogen) atoms. The first kappa shape index (κ1) is 18.1. The van der Waals surface area contributed by atoms with Gasteiger partial charge < -0.3 is 25.1 Å². The number of nitrogens with one attached hydrogen (secondary N) is 2. The van der Waals surface area contributed by atoms with Crippen LogP contribution in [-0.4, -0.2) is 40.8 Å². The molecule has 4 aliphatic rings. The first-order chi connectivity index (χ1) is 15.1. The van der Waals surface area contributed by atoms with Gasteiger partial charge in [0.25, 0.3) is 0 Å². The average molecular weight is 419 g/mol. The summed E-state index contributed by atoms with van der Waals surface area (Å²) in [6.45, 7) is 1.26. The number of primary amides is 1. The lowest BCUT2D eigenvalue weighted by molar-refractivity contribution is -0.120. The Balaban J connectivity index is 1.40. The fourth-order valence-corrected chi connectivity index (χ4v) is 4.55. The molecule has 158 valence electrons. The van der Waals surface area contributed by atoms with Crippen LogP contribution in [0.3, 0.4) is 0 Å². The molecule has 1 unspecified atom stereocenters. The Morgan fingerprint density at radius 1 is 1.35 bits per heavy atom. The van der Waals surface area contributed by atoms with Crippen molar-refractivity contribution in [3.63, 3.8) is 0 Å². The molecule has 0 bridgehead atoms. The SMILES string of the molecule is NC(=O)C(NC1=COCC2=C3C1=CN=C(c1ccc4oc(=O)[nH]c4c1)N3CC2)C1CC1. The normalized spacial score (nSPS) is 21.0. The van der Waals surface area contributed by atoms with Crippen LogP contribution in [0.15, 0.2) is 67.4 Å². The van der Waals surface area contributed by atoms with E-state index in [9.17, 15) is 9.59 Å². The summed E-state index contributed by atoms with van der Waals surface area (Å²) in [4.78, 5) is 33.1. The third kappa shape index (κ3) is 2.96. The number of amides is 1. The zero-order valence-electron chi connectivity index (χ0n) is 16.7. The van der Waals surface area contributed by atoms with Crippen molar-refractivity contribution in [2.75, 3.05) is 13.2 Å². The molecule has 1 atom stereocenters. The van der Waals surface area contributed by atoms with Crippen molar-refractivity contribution in [2.45, 2.75) is 25.3 Å². The van der Waals surface area contributed by atoms with Crippen molar-refractivity contribution in [2.24, 2.45) is 16.6 Å². The Labute approximate surface area is 176 Å². The number of hydrogen-bond acceptors (Lipinski definition) is 7. The monoisotopic (exact) mass is 419 g/mol. The third-order valence-corrected chi connectivity index (χ3v) is 6.21. The first-order valence-corrected chi connectivity index (χ1v) is 10.4. The minimum Gasteiger partial charge on any atom is -0.495 e. The van der Waals surface area contributed by atoms with Crippen LogP contribution in [0.25, 0.3) is 11.1 Å². The summed E-state index contributed by atoms with van der Waals surface area (Å²) < 4.78 is 10.9. The number of H-pyrrole nitrogens is 1. The fraction of sp³-hybridized carbons (Fsp3) is 0.318. The summed E-state index contributed by atoms with van der Waals surface area (Å²) in [5.74, 6) is 0.232. The molecule has 1 aliphatic carbocycles. The molecule has 9 heteroatoms. The van der Waals surface area contributed by atoms with Gasteiger partial charge in [-0.3, -0.25) is 9.78 Å². The van der Waals surface area contributed by atoms with E-state index in [-0.39, 0.29) is 11.8 Å². The van der Waals surface area contributed by atoms with E-state index in [2.05, 4.69) is 15.2 Å². The second kappa shape index (κ2) is 6.63. The third-order valence-electron chi connectivity index (χ3n) is 6.21. The summed E-state index contributed by atoms with van der Waals surface area (Å²) in [7, 11) is 0. The van der Waals surface area contributed by atoms with Gasteiger partial charge in [-0.1, -0.05) is 0 Å². The van der Waals surface area contributed by atoms with Crippen LogP contribution >= 0.6 is 0 Å². The van der Waals surface area contributed by atoms with Crippen molar-refractivity contribution < 1.29 is 13.9 Å². The molecular formula is C22H21N5O4. The zero-order chi connectivity index (χ0) is 21.1. The van der Waals surface area contributed by atoms with Crippen LogP contribution < -0.4 is 16.8 Å². The molecule has 1 aromatic carbocycles. The predicted octanol–water partition coefficient (Wildman–Crippen LogP) is 1.45. The van der Waals surface area contributed by atoms with Crippen molar-refractivity contribution in [3.8, 4) is 0 Å². The molecule has 9 nitrogen and oxygen atoms in total. The molecule has 0 saturated heterocycles. The summed E-state index contributed by atoms with van der Waals surface area (Å²) in [5, 5.41) is 3.32. The van der Waals surface area contributed by atoms with E-state index in [0.717, 1.165) is 54.2 Å². The number of aromatic nitrogens is 1. The summed E-state index contributed by atoms with van der Waals surface area (Å²) in [6, 6.07) is 5.12. The summed E-state index contributed by atoms with van der Waals surface area (Å²) in [6.07, 6.45) is 6.33. The Morgan fingerprint density at radius 2 is 2.23 bits per heavy atom. The van der Waals surface area contributed by atoms with Gasteiger partial charge in [-0.05, 0) is 49.0 Å². The smallest absolute Gasteiger partial charge is 0.417 e. The number of carbonyl (C=O) groups is 1. The first-order valence-electron chi connectivity index (χ1n) is 10.4. The molecule has 1 aromatic heterocycles. The molecule has 3 aliphatic heterocycles. The maximum absolute atomic E-state index is 12.0. The number of fused-ring (bicyclic) bond motifs is 1. The van der Waals surface area contributed by atoms with E-state index in [1.54, 1.807) is 12.3 Å². The molecule has 2 aromatic rings. The second-order valence-corrected chi connectivity index (χ2v) is 8.28. The fourth-order valence-electron chi connectivity index (χ4n) is 4.55. The number of rotatable bonds is 5. The van der Waals surface area contributed by atoms with Gasteiger partial charge in [-0.25, -0.2) is 9.79 Å². The van der Waals surface area contributed by atoms with Crippen LogP contribution in [0.2, 0.25) is 0 Å². The van der Waals surface area contributed by atoms with Gasteiger partial charge in [0.2, 0.25) is 5.91 Å². The van der Waals surface area contributed by atoms with Gasteiger partial charge in [-0.2, -0.15) is 0 Å². The average Bonchev–Trinajstić information content (AvgIpc) is 3.42. The maximum atomic E-state index is 12.0. The minimum atomic E-state index is -0.479. The second-order valence-electron chi connectivity index (χ2n) is 8.28. The molecule has 0 spiro atoms. The van der Waals surface area contributed by atoms with Gasteiger partial charge in [0.05, 0.1) is 16.9 Å². The molecular weight excluding hydrogens is 398 g/mol. The van der Waals surface area contributed by atoms with Crippen LogP contribution in [0, 0.1) is 5.92 Å². The number of carbonyl (C=O) groups excluding carboxylic acids is 1. The van der Waals surface area contributed by atoms with Crippen molar-refractivity contribution in [1.82, 2.24) is 15.2 Å². The number of aliphatic imine (C=N–C) groups is 1. The lowest BCUT2D eigenvalue weighted by Gasteiger charge is -2.30. The van der Waals surface area contributed by atoms with Crippen LogP contribution in [0.5, 0.6) is 0 Å². The standard InChI is InChI=1S/C22H21N5O4/c23-20(28)18(11-1-2-11)25-16-10-30-9-13-5-6-27-19(13)14(16)8-24-21(27)12-3-4-17-15(7-12)26-22(29)31-17/h3-4,7-8,10-11,18,25H,1-2,5-6,9H2,(H2,23,28)(H,26,29). The quantitative estimate of drug-likeness (QED) is 0.674. The highest BCUT2D eigenvalue weighted by Gasteiger charge is 2.39. The van der Waals surface area contributed by atoms with E-state index >= 15 is 0 Å². The van der Waals surface area contributed by atoms with Gasteiger partial charge in [0.15, 0.2) is 5.58 Å². The minimum absolute atomic E-state index is 0.266. The van der Waals surface area contributed by atoms with Gasteiger partial charge in [0, 0.05) is 23.9 Å². The number of nitrogens with two attached hydrogens (primary N) is 1. The topological polar surface area (TPSA) is 126 Å². The van der Waals surface area contributed by atoms with Crippen molar-refractivity contribution in [3.05, 3.63) is 69.3 Å². The van der Waals surface area contributed by atoms with E-state index in [1.165, 1.54) is 5.57 Å². The maximum Gasteiger partial charge on any atom is 0.417 e. The number of benzene rings is 1. The Bertz CT molecular complexity index is 1290. The number of amidine groups is 1. The predicted molar refractivity (Wildman–Crippen MR) is 113 cm³/mol. The molecule has 1 amide bonds. The number of aromatic amines is 1. The van der Waals surface area contributed by atoms with E-state index in [0.29, 0.717) is 17.7 Å². The Hall–Kier alpha value is -3.75. The lowest BCUT2D eigenvalue weighted by atomic mass is 10.0. The molecule has 0 radical (unpaired) electrons. The number of hydrogen-bond donors (Lipinski definition) is 3. The number of oxazole rings is 1. The largest absolute Gasteiger partial charge is 0.495 e. The number of ether oxygens (including phenoxy) is 1. The molecule has 4 heterocycles. The van der Waals surface area contributed by atoms with Gasteiger partial charge >= 0.3 is 5.76 Å². The number of nitrogens with zero attached hydrogens (tertiary/aromatic N) is 2. The summed E-state index contributed by atoms with van der Waals surface area (Å²) >= 11 is 0. The van der Waals surface area contributed by atoms with Crippen LogP contribution in [0.1, 0.15) is 24.8 Å². The van der Waals surface area contributed by atoms with Crippen LogP contribution in [-0.2, 0) is 9.53 Å². The zero-order valence-corrected chi connectivity index (χ0v) is 16.7. The van der Waals surface area contributed by atoms with Crippen molar-refractivity contribution in [1.29, 1.82) is 0 Å². The van der Waals surface area contributed by atoms with Crippen molar-refractivity contribution >= 4 is 22.8 Å². The molecule has 1 fully saturated rings. The molecule has 6 rings (SSSR count). The van der Waals surface area contributed by atoms with E-state index in [4.69, 9.17) is 19.9 Å². The van der Waals surface area contributed by atoms with E-state index < -0.39 is 11.8 Å². The summed E-state index contributed by atoms with van der Waals surface area (Å²) in [5.41, 5.74) is 11.5. The molecule has 1 saturated carbocycles. The Morgan fingerprint density at radius 3 is 3.03 bits per heavy atom. The lowest BCUT2D eigenvalue weighted by Crippen LogP contribution is -2.43. The van der Waals surface area contributed by atoms with Gasteiger partial charge in [0.1, 0.15) is 24.7 Å². The van der Waals surface area contributed by atoms with E-state index in [1.807, 2.05) is 18.3 Å². The highest BCUT2D eigenvalue weighted by molar-refractivity contribution is 6.04. The molecule has 4 N–H and O–H groups in total. The highest BCUT2D eigenvalue weighted by Crippen LogP contribution is 2.39. The Kier molecular flexibility index (Phi) is 3.86.